The molecule has 4 heteroatoms. The second-order valence-electron chi connectivity index (χ2n) is 4.38. The quantitative estimate of drug-likeness (QED) is 0.827. The van der Waals surface area contributed by atoms with Crippen LogP contribution in [0.3, 0.4) is 0 Å². The van der Waals surface area contributed by atoms with E-state index in [-0.39, 0.29) is 0 Å². The van der Waals surface area contributed by atoms with Crippen LogP contribution in [0.5, 0.6) is 11.6 Å². The molecule has 0 spiro atoms. The van der Waals surface area contributed by atoms with Crippen LogP contribution in [0.25, 0.3) is 6.08 Å². The van der Waals surface area contributed by atoms with Crippen LogP contribution >= 0.6 is 11.6 Å². The molecular formula is C15H15ClN2O. The molecule has 0 atom stereocenters. The molecule has 98 valence electrons. The third kappa shape index (κ3) is 2.76. The maximum absolute atomic E-state index is 5.84. The summed E-state index contributed by atoms with van der Waals surface area (Å²) < 4.78 is 5.84. The minimum absolute atomic E-state index is 0.341. The van der Waals surface area contributed by atoms with Crippen LogP contribution in [-0.2, 0) is 0 Å². The number of aryl methyl sites for hydroxylation is 2. The second-order valence-corrected chi connectivity index (χ2v) is 4.77. The van der Waals surface area contributed by atoms with Gasteiger partial charge in [0.25, 0.3) is 0 Å². The summed E-state index contributed by atoms with van der Waals surface area (Å²) in [6.07, 6.45) is 1.79. The molecule has 0 fully saturated rings. The van der Waals surface area contributed by atoms with Gasteiger partial charge in [-0.05, 0) is 43.5 Å². The fourth-order valence-electron chi connectivity index (χ4n) is 1.92. The highest BCUT2D eigenvalue weighted by atomic mass is 35.5. The maximum atomic E-state index is 5.84. The van der Waals surface area contributed by atoms with Gasteiger partial charge < -0.3 is 4.74 Å². The van der Waals surface area contributed by atoms with Crippen LogP contribution in [-0.4, -0.2) is 10.2 Å². The zero-order valence-electron chi connectivity index (χ0n) is 11.2. The number of rotatable bonds is 3. The Labute approximate surface area is 117 Å². The van der Waals surface area contributed by atoms with Gasteiger partial charge in [0.05, 0.1) is 0 Å². The van der Waals surface area contributed by atoms with E-state index in [2.05, 4.69) is 29.8 Å². The summed E-state index contributed by atoms with van der Waals surface area (Å²) >= 11 is 5.71. The molecule has 3 nitrogen and oxygen atoms in total. The minimum Gasteiger partial charge on any atom is -0.437 e. The Hall–Kier alpha value is -1.87. The van der Waals surface area contributed by atoms with E-state index in [0.29, 0.717) is 11.0 Å². The Morgan fingerprint density at radius 1 is 1.16 bits per heavy atom. The molecule has 0 bridgehead atoms. The van der Waals surface area contributed by atoms with Gasteiger partial charge in [-0.25, -0.2) is 0 Å². The van der Waals surface area contributed by atoms with E-state index in [9.17, 15) is 0 Å². The van der Waals surface area contributed by atoms with Gasteiger partial charge in [0.15, 0.2) is 5.15 Å². The van der Waals surface area contributed by atoms with Crippen molar-refractivity contribution in [3.63, 3.8) is 0 Å². The van der Waals surface area contributed by atoms with Gasteiger partial charge in [0.2, 0.25) is 5.88 Å². The first kappa shape index (κ1) is 13.6. The fraction of sp³-hybridized carbons (Fsp3) is 0.200. The zero-order chi connectivity index (χ0) is 14.0. The van der Waals surface area contributed by atoms with Crippen molar-refractivity contribution in [1.82, 2.24) is 10.2 Å². The first-order valence-corrected chi connectivity index (χ1v) is 6.31. The van der Waals surface area contributed by atoms with Crippen molar-refractivity contribution < 1.29 is 4.74 Å². The molecule has 0 aliphatic carbocycles. The zero-order valence-corrected chi connectivity index (χ0v) is 12.0. The lowest BCUT2D eigenvalue weighted by Crippen LogP contribution is -1.98. The van der Waals surface area contributed by atoms with Gasteiger partial charge in [-0.1, -0.05) is 30.3 Å². The van der Waals surface area contributed by atoms with Gasteiger partial charge in [0.1, 0.15) is 5.75 Å². The molecule has 1 aromatic heterocycles. The number of halogens is 1. The van der Waals surface area contributed by atoms with Crippen molar-refractivity contribution in [2.45, 2.75) is 20.8 Å². The summed E-state index contributed by atoms with van der Waals surface area (Å²) in [6.45, 7) is 9.94. The fourth-order valence-corrected chi connectivity index (χ4v) is 2.02. The van der Waals surface area contributed by atoms with Crippen LogP contribution in [0.15, 0.2) is 24.8 Å². The normalized spacial score (nSPS) is 10.3. The van der Waals surface area contributed by atoms with E-state index in [1.807, 2.05) is 13.8 Å². The number of nitrogens with zero attached hydrogens (tertiary/aromatic N) is 2. The summed E-state index contributed by atoms with van der Waals surface area (Å²) in [5, 5.41) is 8.02. The van der Waals surface area contributed by atoms with E-state index in [1.54, 1.807) is 18.2 Å². The standard InChI is InChI=1S/C15H15ClN2O/c1-5-12-10(3)8-9(2)11(4)15(12)19-14-7-6-13(16)17-18-14/h5-8H,1H2,2-4H3. The average molecular weight is 275 g/mol. The minimum atomic E-state index is 0.341. The molecule has 2 aromatic rings. The molecule has 1 aromatic carbocycles. The highest BCUT2D eigenvalue weighted by molar-refractivity contribution is 6.29. The molecule has 2 rings (SSSR count). The number of ether oxygens (including phenoxy) is 1. The van der Waals surface area contributed by atoms with Crippen LogP contribution in [0.1, 0.15) is 22.3 Å². The first-order chi connectivity index (χ1) is 9.02. The van der Waals surface area contributed by atoms with E-state index in [0.717, 1.165) is 22.4 Å². The first-order valence-electron chi connectivity index (χ1n) is 5.93. The van der Waals surface area contributed by atoms with Crippen LogP contribution in [0.4, 0.5) is 0 Å². The smallest absolute Gasteiger partial charge is 0.238 e. The summed E-state index contributed by atoms with van der Waals surface area (Å²) in [6, 6.07) is 5.46. The highest BCUT2D eigenvalue weighted by Gasteiger charge is 2.12. The highest BCUT2D eigenvalue weighted by Crippen LogP contribution is 2.33. The Balaban J connectivity index is 2.49. The molecule has 0 saturated carbocycles. The molecule has 0 N–H and O–H groups in total. The second kappa shape index (κ2) is 5.41. The predicted molar refractivity (Wildman–Crippen MR) is 77.9 cm³/mol. The van der Waals surface area contributed by atoms with E-state index in [4.69, 9.17) is 16.3 Å². The van der Waals surface area contributed by atoms with Crippen LogP contribution in [0, 0.1) is 20.8 Å². The number of benzene rings is 1. The van der Waals surface area contributed by atoms with Gasteiger partial charge in [-0.3, -0.25) is 0 Å². The van der Waals surface area contributed by atoms with E-state index < -0.39 is 0 Å². The molecule has 0 aliphatic rings. The average Bonchev–Trinajstić information content (AvgIpc) is 2.38. The van der Waals surface area contributed by atoms with Crippen molar-refractivity contribution >= 4 is 17.7 Å². The molecule has 0 amide bonds. The summed E-state index contributed by atoms with van der Waals surface area (Å²) in [5.41, 5.74) is 4.33. The number of hydrogen-bond acceptors (Lipinski definition) is 3. The van der Waals surface area contributed by atoms with Gasteiger partial charge in [-0.15, -0.1) is 10.2 Å². The Bertz CT molecular complexity index is 621. The molecule has 1 heterocycles. The van der Waals surface area contributed by atoms with Crippen molar-refractivity contribution in [2.75, 3.05) is 0 Å². The van der Waals surface area contributed by atoms with Crippen molar-refractivity contribution in [1.29, 1.82) is 0 Å². The Morgan fingerprint density at radius 3 is 2.47 bits per heavy atom. The third-order valence-corrected chi connectivity index (χ3v) is 3.25. The van der Waals surface area contributed by atoms with Gasteiger partial charge >= 0.3 is 0 Å². The molecule has 0 radical (unpaired) electrons. The topological polar surface area (TPSA) is 35.0 Å². The number of hydrogen-bond donors (Lipinski definition) is 0. The maximum Gasteiger partial charge on any atom is 0.238 e. The lowest BCUT2D eigenvalue weighted by molar-refractivity contribution is 0.450. The van der Waals surface area contributed by atoms with Crippen LogP contribution < -0.4 is 4.74 Å². The van der Waals surface area contributed by atoms with Gasteiger partial charge in [-0.2, -0.15) is 0 Å². The SMILES string of the molecule is C=Cc1c(C)cc(C)c(C)c1Oc1ccc(Cl)nn1. The lowest BCUT2D eigenvalue weighted by atomic mass is 9.99. The Morgan fingerprint density at radius 2 is 1.89 bits per heavy atom. The summed E-state index contributed by atoms with van der Waals surface area (Å²) in [5.74, 6) is 1.18. The predicted octanol–water partition coefficient (Wildman–Crippen LogP) is 4.49. The molecule has 0 saturated heterocycles. The van der Waals surface area contributed by atoms with Crippen LogP contribution in [0.2, 0.25) is 5.15 Å². The molecular weight excluding hydrogens is 260 g/mol. The summed E-state index contributed by atoms with van der Waals surface area (Å²) in [4.78, 5) is 0. The largest absolute Gasteiger partial charge is 0.437 e. The monoisotopic (exact) mass is 274 g/mol. The molecule has 19 heavy (non-hydrogen) atoms. The molecule has 0 unspecified atom stereocenters. The van der Waals surface area contributed by atoms with Crippen molar-refractivity contribution in [3.05, 3.63) is 52.2 Å². The van der Waals surface area contributed by atoms with Crippen molar-refractivity contribution in [2.24, 2.45) is 0 Å². The number of aromatic nitrogens is 2. The Kier molecular flexibility index (Phi) is 3.86. The third-order valence-electron chi connectivity index (χ3n) is 3.05. The molecule has 0 aliphatic heterocycles. The van der Waals surface area contributed by atoms with Gasteiger partial charge in [0, 0.05) is 11.6 Å². The summed E-state index contributed by atoms with van der Waals surface area (Å²) in [7, 11) is 0. The lowest BCUT2D eigenvalue weighted by Gasteiger charge is -2.15. The van der Waals surface area contributed by atoms with E-state index in [1.165, 1.54) is 5.56 Å². The van der Waals surface area contributed by atoms with E-state index >= 15 is 0 Å². The van der Waals surface area contributed by atoms with Crippen molar-refractivity contribution in [3.8, 4) is 11.6 Å².